The summed E-state index contributed by atoms with van der Waals surface area (Å²) < 4.78 is 10.7. The van der Waals surface area contributed by atoms with E-state index in [-0.39, 0.29) is 11.8 Å². The summed E-state index contributed by atoms with van der Waals surface area (Å²) in [5, 5.41) is 9.10. The molecule has 1 aliphatic rings. The molecule has 4 nitrogen and oxygen atoms in total. The highest BCUT2D eigenvalue weighted by Gasteiger charge is 2.48. The normalized spacial score (nSPS) is 16.0. The molecule has 1 aromatic carbocycles. The molecule has 0 aliphatic heterocycles. The lowest BCUT2D eigenvalue weighted by Gasteiger charge is -2.22. The van der Waals surface area contributed by atoms with Crippen molar-refractivity contribution < 1.29 is 19.4 Å². The molecule has 1 aliphatic carbocycles. The number of aliphatic carboxylic acids is 1. The third-order valence-corrected chi connectivity index (χ3v) is 3.98. The van der Waals surface area contributed by atoms with Gasteiger partial charge >= 0.3 is 5.97 Å². The molecule has 0 spiro atoms. The Morgan fingerprint density at radius 2 is 1.95 bits per heavy atom. The number of benzene rings is 1. The van der Waals surface area contributed by atoms with Gasteiger partial charge in [-0.15, -0.1) is 0 Å². The van der Waals surface area contributed by atoms with Crippen LogP contribution in [0.2, 0.25) is 0 Å². The van der Waals surface area contributed by atoms with Gasteiger partial charge in [0.05, 0.1) is 20.6 Å². The molecule has 0 heterocycles. The Hall–Kier alpha value is -1.71. The van der Waals surface area contributed by atoms with E-state index >= 15 is 0 Å². The smallest absolute Gasteiger partial charge is 0.304 e. The average molecular weight is 264 g/mol. The summed E-state index contributed by atoms with van der Waals surface area (Å²) in [6.45, 7) is 3.98. The van der Waals surface area contributed by atoms with Crippen LogP contribution in [0, 0.1) is 13.8 Å². The minimum atomic E-state index is -0.744. The molecule has 0 aromatic heterocycles. The Morgan fingerprint density at radius 1 is 1.32 bits per heavy atom. The van der Waals surface area contributed by atoms with E-state index < -0.39 is 5.97 Å². The Labute approximate surface area is 113 Å². The minimum absolute atomic E-state index is 0.185. The van der Waals surface area contributed by atoms with Crippen molar-refractivity contribution in [3.63, 3.8) is 0 Å². The SMILES string of the molecule is COc1cc(C)c(C2(CC(=O)O)CC2)c(C)c1OC. The Balaban J connectivity index is 2.55. The van der Waals surface area contributed by atoms with Gasteiger partial charge in [-0.2, -0.15) is 0 Å². The molecule has 104 valence electrons. The van der Waals surface area contributed by atoms with Gasteiger partial charge < -0.3 is 14.6 Å². The maximum absolute atomic E-state index is 11.1. The van der Waals surface area contributed by atoms with E-state index in [1.165, 1.54) is 0 Å². The highest BCUT2D eigenvalue weighted by atomic mass is 16.5. The summed E-state index contributed by atoms with van der Waals surface area (Å²) in [5.74, 6) is 0.665. The summed E-state index contributed by atoms with van der Waals surface area (Å²) in [6, 6.07) is 1.93. The van der Waals surface area contributed by atoms with Crippen molar-refractivity contribution >= 4 is 5.97 Å². The fourth-order valence-corrected chi connectivity index (χ4v) is 3.11. The van der Waals surface area contributed by atoms with Gasteiger partial charge in [0.15, 0.2) is 11.5 Å². The van der Waals surface area contributed by atoms with E-state index in [0.717, 1.165) is 29.5 Å². The van der Waals surface area contributed by atoms with Gasteiger partial charge in [-0.05, 0) is 49.4 Å². The summed E-state index contributed by atoms with van der Waals surface area (Å²) in [6.07, 6.45) is 2.04. The molecule has 0 amide bonds. The predicted octanol–water partition coefficient (Wildman–Crippen LogP) is 2.83. The molecule has 19 heavy (non-hydrogen) atoms. The molecule has 1 aromatic rings. The molecular formula is C15H20O4. The largest absolute Gasteiger partial charge is 0.493 e. The van der Waals surface area contributed by atoms with E-state index in [4.69, 9.17) is 14.6 Å². The van der Waals surface area contributed by atoms with Gasteiger partial charge in [0, 0.05) is 5.41 Å². The molecule has 0 atom stereocenters. The standard InChI is InChI=1S/C15H20O4/c1-9-7-11(18-3)14(19-4)10(2)13(9)15(5-6-15)8-12(16)17/h7H,5-6,8H2,1-4H3,(H,16,17). The van der Waals surface area contributed by atoms with Crippen molar-refractivity contribution in [2.75, 3.05) is 14.2 Å². The maximum Gasteiger partial charge on any atom is 0.304 e. The summed E-state index contributed by atoms with van der Waals surface area (Å²) >= 11 is 0. The second-order valence-corrected chi connectivity index (χ2v) is 5.28. The number of rotatable bonds is 5. The Morgan fingerprint density at radius 3 is 2.37 bits per heavy atom. The highest BCUT2D eigenvalue weighted by Crippen LogP contribution is 2.55. The lowest BCUT2D eigenvalue weighted by molar-refractivity contribution is -0.137. The molecule has 0 unspecified atom stereocenters. The van der Waals surface area contributed by atoms with Crippen LogP contribution in [0.5, 0.6) is 11.5 Å². The molecule has 0 saturated heterocycles. The third kappa shape index (κ3) is 2.27. The van der Waals surface area contributed by atoms with Crippen molar-refractivity contribution in [3.05, 3.63) is 22.8 Å². The summed E-state index contributed by atoms with van der Waals surface area (Å²) in [4.78, 5) is 11.1. The van der Waals surface area contributed by atoms with E-state index in [0.29, 0.717) is 11.5 Å². The van der Waals surface area contributed by atoms with E-state index in [1.54, 1.807) is 14.2 Å². The van der Waals surface area contributed by atoms with E-state index in [9.17, 15) is 4.79 Å². The van der Waals surface area contributed by atoms with Gasteiger partial charge in [-0.1, -0.05) is 0 Å². The third-order valence-electron chi connectivity index (χ3n) is 3.98. The molecule has 2 rings (SSSR count). The van der Waals surface area contributed by atoms with Crippen LogP contribution in [-0.4, -0.2) is 25.3 Å². The van der Waals surface area contributed by atoms with Gasteiger partial charge in [-0.3, -0.25) is 4.79 Å². The first-order chi connectivity index (χ1) is 8.95. The van der Waals surface area contributed by atoms with Crippen LogP contribution in [0.3, 0.4) is 0 Å². The van der Waals surface area contributed by atoms with Crippen molar-refractivity contribution in [1.29, 1.82) is 0 Å². The molecule has 0 radical (unpaired) electrons. The summed E-state index contributed by atoms with van der Waals surface area (Å²) in [7, 11) is 3.22. The molecule has 1 fully saturated rings. The van der Waals surface area contributed by atoms with Crippen LogP contribution >= 0.6 is 0 Å². The number of carboxylic acid groups (broad SMARTS) is 1. The first-order valence-corrected chi connectivity index (χ1v) is 6.39. The molecule has 1 saturated carbocycles. The van der Waals surface area contributed by atoms with E-state index in [1.807, 2.05) is 19.9 Å². The average Bonchev–Trinajstić information content (AvgIpc) is 3.07. The molecule has 4 heteroatoms. The lowest BCUT2D eigenvalue weighted by atomic mass is 9.85. The van der Waals surface area contributed by atoms with Gasteiger partial charge in [0.2, 0.25) is 0 Å². The lowest BCUT2D eigenvalue weighted by Crippen LogP contribution is -2.16. The molecule has 1 N–H and O–H groups in total. The van der Waals surface area contributed by atoms with Gasteiger partial charge in [-0.25, -0.2) is 0 Å². The van der Waals surface area contributed by atoms with Crippen molar-refractivity contribution in [1.82, 2.24) is 0 Å². The van der Waals surface area contributed by atoms with Crippen LogP contribution in [0.4, 0.5) is 0 Å². The second kappa shape index (κ2) is 4.76. The molecule has 0 bridgehead atoms. The number of hydrogen-bond acceptors (Lipinski definition) is 3. The number of hydrogen-bond donors (Lipinski definition) is 1. The number of aryl methyl sites for hydroxylation is 1. The predicted molar refractivity (Wildman–Crippen MR) is 72.2 cm³/mol. The fourth-order valence-electron chi connectivity index (χ4n) is 3.11. The van der Waals surface area contributed by atoms with Crippen LogP contribution in [0.15, 0.2) is 6.07 Å². The van der Waals surface area contributed by atoms with Crippen LogP contribution in [0.1, 0.15) is 36.0 Å². The fraction of sp³-hybridized carbons (Fsp3) is 0.533. The zero-order chi connectivity index (χ0) is 14.2. The quantitative estimate of drug-likeness (QED) is 0.888. The van der Waals surface area contributed by atoms with Crippen molar-refractivity contribution in [2.24, 2.45) is 0 Å². The number of ether oxygens (including phenoxy) is 2. The highest BCUT2D eigenvalue weighted by molar-refractivity contribution is 5.71. The van der Waals surface area contributed by atoms with E-state index in [2.05, 4.69) is 0 Å². The molecular weight excluding hydrogens is 244 g/mol. The van der Waals surface area contributed by atoms with Crippen molar-refractivity contribution in [2.45, 2.75) is 38.5 Å². The topological polar surface area (TPSA) is 55.8 Å². The first kappa shape index (κ1) is 13.7. The number of carbonyl (C=O) groups is 1. The number of carboxylic acids is 1. The Bertz CT molecular complexity index is 515. The summed E-state index contributed by atoms with van der Waals surface area (Å²) in [5.41, 5.74) is 2.99. The second-order valence-electron chi connectivity index (χ2n) is 5.28. The monoisotopic (exact) mass is 264 g/mol. The zero-order valence-corrected chi connectivity index (χ0v) is 11.9. The minimum Gasteiger partial charge on any atom is -0.493 e. The van der Waals surface area contributed by atoms with Crippen LogP contribution < -0.4 is 9.47 Å². The number of methoxy groups -OCH3 is 2. The zero-order valence-electron chi connectivity index (χ0n) is 11.9. The van der Waals surface area contributed by atoms with Crippen molar-refractivity contribution in [3.8, 4) is 11.5 Å². The first-order valence-electron chi connectivity index (χ1n) is 6.39. The van der Waals surface area contributed by atoms with Crippen LogP contribution in [-0.2, 0) is 10.2 Å². The Kier molecular flexibility index (Phi) is 3.43. The van der Waals surface area contributed by atoms with Crippen LogP contribution in [0.25, 0.3) is 0 Å². The maximum atomic E-state index is 11.1. The van der Waals surface area contributed by atoms with Gasteiger partial charge in [0.1, 0.15) is 0 Å². The van der Waals surface area contributed by atoms with Gasteiger partial charge in [0.25, 0.3) is 0 Å².